The van der Waals surface area contributed by atoms with Crippen molar-refractivity contribution in [3.05, 3.63) is 16.4 Å². The van der Waals surface area contributed by atoms with Crippen LogP contribution in [0.5, 0.6) is 0 Å². The van der Waals surface area contributed by atoms with Crippen LogP contribution in [0.1, 0.15) is 24.7 Å². The topological polar surface area (TPSA) is 50.1 Å². The quantitative estimate of drug-likeness (QED) is 0.799. The van der Waals surface area contributed by atoms with Crippen molar-refractivity contribution in [1.82, 2.24) is 15.1 Å². The van der Waals surface area contributed by atoms with Crippen LogP contribution in [0.15, 0.2) is 0 Å². The summed E-state index contributed by atoms with van der Waals surface area (Å²) in [6.07, 6.45) is 0.850. The normalized spacial score (nSPS) is 13.1. The molecule has 4 nitrogen and oxygen atoms in total. The molecule has 0 amide bonds. The van der Waals surface area contributed by atoms with Crippen molar-refractivity contribution in [1.29, 1.82) is 0 Å². The van der Waals surface area contributed by atoms with Crippen LogP contribution in [0, 0.1) is 13.8 Å². The van der Waals surface area contributed by atoms with Gasteiger partial charge in [-0.3, -0.25) is 4.68 Å². The lowest BCUT2D eigenvalue weighted by Crippen LogP contribution is -2.33. The van der Waals surface area contributed by atoms with Gasteiger partial charge in [0, 0.05) is 12.6 Å². The summed E-state index contributed by atoms with van der Waals surface area (Å²) in [5.74, 6) is 0. The molecule has 0 fully saturated rings. The Balaban J connectivity index is 2.56. The van der Waals surface area contributed by atoms with Crippen LogP contribution in [0.4, 0.5) is 0 Å². The molecule has 0 radical (unpaired) electrons. The first-order chi connectivity index (χ1) is 7.60. The molecular weight excluding hydrogens is 226 g/mol. The van der Waals surface area contributed by atoms with E-state index in [9.17, 15) is 0 Å². The van der Waals surface area contributed by atoms with Gasteiger partial charge in [0.2, 0.25) is 0 Å². The molecule has 2 N–H and O–H groups in total. The summed E-state index contributed by atoms with van der Waals surface area (Å²) in [4.78, 5) is 0. The molecule has 92 valence electrons. The molecule has 1 atom stereocenters. The molecule has 0 aliphatic carbocycles. The highest BCUT2D eigenvalue weighted by Gasteiger charge is 2.11. The van der Waals surface area contributed by atoms with E-state index in [1.807, 2.05) is 25.5 Å². The predicted octanol–water partition coefficient (Wildman–Crippen LogP) is 1.51. The second-order valence-electron chi connectivity index (χ2n) is 3.93. The molecule has 1 aromatic rings. The highest BCUT2D eigenvalue weighted by molar-refractivity contribution is 6.31. The highest BCUT2D eigenvalue weighted by Crippen LogP contribution is 2.19. The van der Waals surface area contributed by atoms with E-state index < -0.39 is 0 Å². The zero-order chi connectivity index (χ0) is 12.1. The lowest BCUT2D eigenvalue weighted by Gasteiger charge is -2.15. The standard InChI is InChI=1S/C11H20ClN3O/c1-4-13-10(7-16)5-6-15-9(3)11(12)8(2)14-15/h10,13,16H,4-7H2,1-3H3. The number of nitrogens with one attached hydrogen (secondary N) is 1. The summed E-state index contributed by atoms with van der Waals surface area (Å²) in [5.41, 5.74) is 1.86. The second-order valence-corrected chi connectivity index (χ2v) is 4.31. The fraction of sp³-hybridized carbons (Fsp3) is 0.727. The molecule has 16 heavy (non-hydrogen) atoms. The van der Waals surface area contributed by atoms with Crippen molar-refractivity contribution in [2.45, 2.75) is 39.8 Å². The summed E-state index contributed by atoms with van der Waals surface area (Å²) in [6, 6.07) is 0.132. The minimum absolute atomic E-state index is 0.132. The van der Waals surface area contributed by atoms with Gasteiger partial charge in [-0.05, 0) is 26.8 Å². The van der Waals surface area contributed by atoms with E-state index in [1.165, 1.54) is 0 Å². The van der Waals surface area contributed by atoms with Crippen molar-refractivity contribution in [2.75, 3.05) is 13.2 Å². The Labute approximate surface area is 102 Å². The lowest BCUT2D eigenvalue weighted by molar-refractivity contribution is 0.231. The maximum Gasteiger partial charge on any atom is 0.0844 e. The monoisotopic (exact) mass is 245 g/mol. The van der Waals surface area contributed by atoms with Gasteiger partial charge in [-0.2, -0.15) is 5.10 Å². The Bertz CT molecular complexity index is 338. The number of aliphatic hydroxyl groups excluding tert-OH is 1. The molecule has 0 aliphatic heterocycles. The van der Waals surface area contributed by atoms with Gasteiger partial charge in [0.05, 0.1) is 23.0 Å². The number of nitrogens with zero attached hydrogens (tertiary/aromatic N) is 2. The Morgan fingerprint density at radius 1 is 1.50 bits per heavy atom. The molecule has 5 heteroatoms. The largest absolute Gasteiger partial charge is 0.395 e. The molecule has 0 aromatic carbocycles. The number of hydrogen-bond acceptors (Lipinski definition) is 3. The summed E-state index contributed by atoms with van der Waals surface area (Å²) in [5, 5.41) is 17.5. The van der Waals surface area contributed by atoms with Crippen molar-refractivity contribution in [3.8, 4) is 0 Å². The number of hydrogen-bond donors (Lipinski definition) is 2. The van der Waals surface area contributed by atoms with E-state index >= 15 is 0 Å². The number of aryl methyl sites for hydroxylation is 2. The Hall–Kier alpha value is -0.580. The average molecular weight is 246 g/mol. The van der Waals surface area contributed by atoms with Crippen LogP contribution in [0.2, 0.25) is 5.02 Å². The van der Waals surface area contributed by atoms with Gasteiger partial charge < -0.3 is 10.4 Å². The van der Waals surface area contributed by atoms with Crippen LogP contribution in [0.3, 0.4) is 0 Å². The number of halogens is 1. The molecule has 0 saturated heterocycles. The van der Waals surface area contributed by atoms with Gasteiger partial charge in [0.25, 0.3) is 0 Å². The van der Waals surface area contributed by atoms with Gasteiger partial charge in [-0.25, -0.2) is 0 Å². The third-order valence-electron chi connectivity index (χ3n) is 2.70. The van der Waals surface area contributed by atoms with Crippen molar-refractivity contribution in [2.24, 2.45) is 0 Å². The first-order valence-electron chi connectivity index (χ1n) is 5.63. The number of aliphatic hydroxyl groups is 1. The first kappa shape index (κ1) is 13.5. The average Bonchev–Trinajstić information content (AvgIpc) is 2.52. The Morgan fingerprint density at radius 3 is 2.62 bits per heavy atom. The fourth-order valence-corrected chi connectivity index (χ4v) is 1.85. The minimum Gasteiger partial charge on any atom is -0.395 e. The summed E-state index contributed by atoms with van der Waals surface area (Å²) in [6.45, 7) is 7.69. The summed E-state index contributed by atoms with van der Waals surface area (Å²) in [7, 11) is 0. The van der Waals surface area contributed by atoms with Gasteiger partial charge in [-0.1, -0.05) is 18.5 Å². The van der Waals surface area contributed by atoms with E-state index in [0.717, 1.165) is 35.9 Å². The molecule has 1 rings (SSSR count). The number of likely N-dealkylation sites (N-methyl/N-ethyl adjacent to an activating group) is 1. The van der Waals surface area contributed by atoms with Crippen molar-refractivity contribution < 1.29 is 5.11 Å². The second kappa shape index (κ2) is 6.23. The third-order valence-corrected chi connectivity index (χ3v) is 3.24. The molecule has 1 heterocycles. The smallest absolute Gasteiger partial charge is 0.0844 e. The molecular formula is C11H20ClN3O. The Kier molecular flexibility index (Phi) is 5.25. The van der Waals surface area contributed by atoms with Crippen LogP contribution in [-0.4, -0.2) is 34.1 Å². The number of rotatable bonds is 6. The lowest BCUT2D eigenvalue weighted by atomic mass is 10.2. The van der Waals surface area contributed by atoms with Crippen LogP contribution < -0.4 is 5.32 Å². The third kappa shape index (κ3) is 3.20. The minimum atomic E-state index is 0.132. The molecule has 0 spiro atoms. The zero-order valence-electron chi connectivity index (χ0n) is 10.1. The molecule has 1 unspecified atom stereocenters. The highest BCUT2D eigenvalue weighted by atomic mass is 35.5. The molecule has 0 saturated carbocycles. The van der Waals surface area contributed by atoms with Gasteiger partial charge in [-0.15, -0.1) is 0 Å². The van der Waals surface area contributed by atoms with Crippen LogP contribution in [0.25, 0.3) is 0 Å². The zero-order valence-corrected chi connectivity index (χ0v) is 10.9. The maximum atomic E-state index is 9.15. The molecule has 0 bridgehead atoms. The van der Waals surface area contributed by atoms with Gasteiger partial charge >= 0.3 is 0 Å². The summed E-state index contributed by atoms with van der Waals surface area (Å²) < 4.78 is 1.90. The van der Waals surface area contributed by atoms with Crippen LogP contribution >= 0.6 is 11.6 Å². The maximum absolute atomic E-state index is 9.15. The van der Waals surface area contributed by atoms with E-state index in [-0.39, 0.29) is 12.6 Å². The summed E-state index contributed by atoms with van der Waals surface area (Å²) >= 11 is 6.06. The fourth-order valence-electron chi connectivity index (χ4n) is 1.72. The van der Waals surface area contributed by atoms with Gasteiger partial charge in [0.1, 0.15) is 0 Å². The van der Waals surface area contributed by atoms with Gasteiger partial charge in [0.15, 0.2) is 0 Å². The van der Waals surface area contributed by atoms with E-state index in [2.05, 4.69) is 10.4 Å². The molecule has 1 aromatic heterocycles. The van der Waals surface area contributed by atoms with E-state index in [0.29, 0.717) is 0 Å². The Morgan fingerprint density at radius 2 is 2.19 bits per heavy atom. The number of aromatic nitrogens is 2. The van der Waals surface area contributed by atoms with E-state index in [4.69, 9.17) is 16.7 Å². The predicted molar refractivity (Wildman–Crippen MR) is 65.9 cm³/mol. The van der Waals surface area contributed by atoms with E-state index in [1.54, 1.807) is 0 Å². The SMILES string of the molecule is CCNC(CO)CCn1nc(C)c(Cl)c1C. The van der Waals surface area contributed by atoms with Crippen molar-refractivity contribution in [3.63, 3.8) is 0 Å². The van der Waals surface area contributed by atoms with Crippen molar-refractivity contribution >= 4 is 11.6 Å². The molecule has 0 aliphatic rings. The van der Waals surface area contributed by atoms with Crippen LogP contribution in [-0.2, 0) is 6.54 Å². The first-order valence-corrected chi connectivity index (χ1v) is 6.01.